The SMILES string of the molecule is NS(=O)(=O)c1ccc(Cc2c(C3(C(F)(F)F)CC3)nn(-c3nc(C(O)O)cs3)c2-c2cccc(-c3ccccc3)c2)cc1F. The minimum Gasteiger partial charge on any atom is -0.363 e. The molecule has 1 aliphatic carbocycles. The molecule has 1 aliphatic rings. The van der Waals surface area contributed by atoms with Crippen LogP contribution in [0.5, 0.6) is 0 Å². The maximum absolute atomic E-state index is 14.9. The highest BCUT2D eigenvalue weighted by Crippen LogP contribution is 2.60. The fraction of sp³-hybridized carbons (Fsp3) is 0.200. The first kappa shape index (κ1) is 30.1. The summed E-state index contributed by atoms with van der Waals surface area (Å²) in [4.78, 5) is 3.49. The molecule has 0 saturated heterocycles. The number of hydrogen-bond donors (Lipinski definition) is 3. The first-order valence-corrected chi connectivity index (χ1v) is 15.7. The van der Waals surface area contributed by atoms with Crippen molar-refractivity contribution in [3.05, 3.63) is 107 Å². The van der Waals surface area contributed by atoms with Crippen LogP contribution in [0.15, 0.2) is 83.1 Å². The molecule has 3 aromatic carbocycles. The fourth-order valence-electron chi connectivity index (χ4n) is 5.27. The van der Waals surface area contributed by atoms with Crippen LogP contribution in [0.4, 0.5) is 17.6 Å². The molecule has 0 unspecified atom stereocenters. The Bertz CT molecular complexity index is 1970. The van der Waals surface area contributed by atoms with E-state index >= 15 is 0 Å². The molecule has 8 nitrogen and oxygen atoms in total. The molecule has 1 saturated carbocycles. The van der Waals surface area contributed by atoms with Crippen molar-refractivity contribution in [1.82, 2.24) is 14.8 Å². The first-order valence-electron chi connectivity index (χ1n) is 13.3. The largest absolute Gasteiger partial charge is 0.400 e. The van der Waals surface area contributed by atoms with Crippen LogP contribution in [-0.4, -0.2) is 39.6 Å². The van der Waals surface area contributed by atoms with Gasteiger partial charge < -0.3 is 10.2 Å². The Kier molecular flexibility index (Phi) is 7.45. The van der Waals surface area contributed by atoms with Gasteiger partial charge in [0, 0.05) is 22.9 Å². The molecule has 14 heteroatoms. The second-order valence-corrected chi connectivity index (χ2v) is 12.9. The van der Waals surface area contributed by atoms with E-state index < -0.39 is 38.6 Å². The highest BCUT2D eigenvalue weighted by Gasteiger charge is 2.66. The molecule has 0 bridgehead atoms. The van der Waals surface area contributed by atoms with Crippen LogP contribution in [0.25, 0.3) is 27.5 Å². The van der Waals surface area contributed by atoms with Crippen LogP contribution in [0.1, 0.15) is 41.6 Å². The third-order valence-electron chi connectivity index (χ3n) is 7.61. The normalized spacial score (nSPS) is 14.7. The number of alkyl halides is 3. The molecule has 2 heterocycles. The predicted molar refractivity (Wildman–Crippen MR) is 155 cm³/mol. The lowest BCUT2D eigenvalue weighted by molar-refractivity contribution is -0.161. The first-order chi connectivity index (χ1) is 20.8. The average molecular weight is 645 g/mol. The quantitative estimate of drug-likeness (QED) is 0.149. The van der Waals surface area contributed by atoms with Crippen LogP contribution >= 0.6 is 11.3 Å². The minimum absolute atomic E-state index is 0.0921. The summed E-state index contributed by atoms with van der Waals surface area (Å²) < 4.78 is 83.6. The number of rotatable bonds is 8. The Morgan fingerprint density at radius 1 is 0.977 bits per heavy atom. The number of primary sulfonamides is 1. The van der Waals surface area contributed by atoms with Gasteiger partial charge in [-0.1, -0.05) is 54.6 Å². The average Bonchev–Trinajstić information content (AvgIpc) is 3.49. The molecule has 2 aromatic heterocycles. The van der Waals surface area contributed by atoms with Gasteiger partial charge >= 0.3 is 6.18 Å². The number of nitrogens with two attached hydrogens (primary N) is 1. The van der Waals surface area contributed by atoms with Crippen molar-refractivity contribution in [2.45, 2.75) is 42.0 Å². The minimum atomic E-state index is -4.65. The summed E-state index contributed by atoms with van der Waals surface area (Å²) in [6.07, 6.45) is -7.21. The Morgan fingerprint density at radius 3 is 2.25 bits per heavy atom. The van der Waals surface area contributed by atoms with E-state index in [2.05, 4.69) is 10.1 Å². The number of aliphatic hydroxyl groups is 2. The van der Waals surface area contributed by atoms with E-state index in [4.69, 9.17) is 5.14 Å². The Balaban J connectivity index is 1.62. The highest BCUT2D eigenvalue weighted by molar-refractivity contribution is 7.89. The smallest absolute Gasteiger partial charge is 0.363 e. The topological polar surface area (TPSA) is 131 Å². The number of nitrogens with zero attached hydrogens (tertiary/aromatic N) is 3. The zero-order chi connectivity index (χ0) is 31.4. The van der Waals surface area contributed by atoms with E-state index in [-0.39, 0.29) is 52.6 Å². The van der Waals surface area contributed by atoms with Gasteiger partial charge in [-0.2, -0.15) is 18.3 Å². The van der Waals surface area contributed by atoms with Gasteiger partial charge in [0.25, 0.3) is 0 Å². The number of sulfonamides is 1. The number of thiazole rings is 1. The lowest BCUT2D eigenvalue weighted by atomic mass is 9.90. The Labute approximate surface area is 253 Å². The molecule has 4 N–H and O–H groups in total. The molecule has 0 radical (unpaired) electrons. The lowest BCUT2D eigenvalue weighted by Gasteiger charge is -2.19. The molecule has 1 fully saturated rings. The van der Waals surface area contributed by atoms with Crippen LogP contribution in [0.3, 0.4) is 0 Å². The van der Waals surface area contributed by atoms with Crippen LogP contribution in [0, 0.1) is 5.82 Å². The summed E-state index contributed by atoms with van der Waals surface area (Å²) in [6.45, 7) is 0. The van der Waals surface area contributed by atoms with Gasteiger partial charge in [0.15, 0.2) is 6.29 Å². The lowest BCUT2D eigenvalue weighted by Crippen LogP contribution is -2.30. The van der Waals surface area contributed by atoms with Crippen LogP contribution in [0.2, 0.25) is 0 Å². The third-order valence-corrected chi connectivity index (χ3v) is 9.39. The van der Waals surface area contributed by atoms with Gasteiger partial charge in [0.05, 0.1) is 11.4 Å². The molecule has 0 spiro atoms. The summed E-state index contributed by atoms with van der Waals surface area (Å²) in [6, 6.07) is 19.6. The molecule has 0 atom stereocenters. The Hall–Kier alpha value is -3.95. The highest BCUT2D eigenvalue weighted by atomic mass is 32.2. The summed E-state index contributed by atoms with van der Waals surface area (Å²) in [5.41, 5.74) is 0.0841. The summed E-state index contributed by atoms with van der Waals surface area (Å²) in [5.74, 6) is -1.13. The van der Waals surface area contributed by atoms with Gasteiger partial charge in [-0.05, 0) is 47.7 Å². The Morgan fingerprint density at radius 2 is 1.66 bits per heavy atom. The van der Waals surface area contributed by atoms with E-state index in [0.717, 1.165) is 34.6 Å². The summed E-state index contributed by atoms with van der Waals surface area (Å²) >= 11 is 0.962. The van der Waals surface area contributed by atoms with Crippen molar-refractivity contribution in [2.75, 3.05) is 0 Å². The van der Waals surface area contributed by atoms with Gasteiger partial charge in [0.2, 0.25) is 15.2 Å². The molecule has 5 aromatic rings. The summed E-state index contributed by atoms with van der Waals surface area (Å²) in [5, 5.41) is 30.4. The van der Waals surface area contributed by atoms with E-state index in [0.29, 0.717) is 5.56 Å². The van der Waals surface area contributed by atoms with E-state index in [1.165, 1.54) is 16.1 Å². The monoisotopic (exact) mass is 644 g/mol. The van der Waals surface area contributed by atoms with Crippen molar-refractivity contribution in [1.29, 1.82) is 0 Å². The second-order valence-electron chi connectivity index (χ2n) is 10.5. The van der Waals surface area contributed by atoms with Gasteiger partial charge in [-0.3, -0.25) is 0 Å². The third kappa shape index (κ3) is 5.43. The fourth-order valence-corrected chi connectivity index (χ4v) is 6.65. The zero-order valence-electron chi connectivity index (χ0n) is 22.7. The predicted octanol–water partition coefficient (Wildman–Crippen LogP) is 5.62. The van der Waals surface area contributed by atoms with Crippen molar-refractivity contribution in [3.8, 4) is 27.5 Å². The van der Waals surface area contributed by atoms with Crippen molar-refractivity contribution in [3.63, 3.8) is 0 Å². The molecule has 6 rings (SSSR count). The van der Waals surface area contributed by atoms with Gasteiger partial charge in [0.1, 0.15) is 21.8 Å². The van der Waals surface area contributed by atoms with Crippen molar-refractivity contribution in [2.24, 2.45) is 5.14 Å². The number of hydrogen-bond acceptors (Lipinski definition) is 7. The van der Waals surface area contributed by atoms with E-state index in [1.54, 1.807) is 18.2 Å². The van der Waals surface area contributed by atoms with Crippen LogP contribution < -0.4 is 5.14 Å². The molecular weight excluding hydrogens is 620 g/mol. The molecule has 44 heavy (non-hydrogen) atoms. The van der Waals surface area contributed by atoms with Crippen molar-refractivity contribution < 1.29 is 36.2 Å². The molecule has 0 amide bonds. The number of aliphatic hydroxyl groups excluding tert-OH is 1. The molecule has 0 aliphatic heterocycles. The number of benzene rings is 3. The standard InChI is InChI=1S/C30H24F4N4O4S2/c31-22-14-17(9-10-24(22)44(35,41)42)13-21-25(20-8-4-7-19(15-20)18-5-2-1-3-6-18)38(28-36-23(16-43-28)27(39)40)37-26(21)29(11-12-29)30(32,33)34/h1-10,14-16,27,39-40H,11-13H2,(H2,35,41,42). The van der Waals surface area contributed by atoms with Crippen LogP contribution in [-0.2, 0) is 21.9 Å². The summed E-state index contributed by atoms with van der Waals surface area (Å²) in [7, 11) is -4.37. The van der Waals surface area contributed by atoms with Gasteiger partial charge in [-0.25, -0.2) is 27.6 Å². The number of halogens is 4. The molecular formula is C30H24F4N4O4S2. The molecule has 228 valence electrons. The maximum Gasteiger partial charge on any atom is 0.400 e. The van der Waals surface area contributed by atoms with Crippen molar-refractivity contribution >= 4 is 21.4 Å². The maximum atomic E-state index is 14.9. The zero-order valence-corrected chi connectivity index (χ0v) is 24.3. The van der Waals surface area contributed by atoms with Gasteiger partial charge in [-0.15, -0.1) is 11.3 Å². The second kappa shape index (κ2) is 10.9. The number of aromatic nitrogens is 3. The van der Waals surface area contributed by atoms with E-state index in [1.807, 2.05) is 36.4 Å². The van der Waals surface area contributed by atoms with E-state index in [9.17, 15) is 36.2 Å².